The highest BCUT2D eigenvalue weighted by Gasteiger charge is 2.25. The topological polar surface area (TPSA) is 59.5 Å². The van der Waals surface area contributed by atoms with Crippen molar-refractivity contribution in [2.75, 3.05) is 32.2 Å². The Hall–Kier alpha value is -1.40. The molecule has 0 spiro atoms. The molecule has 1 aliphatic heterocycles. The number of aromatic nitrogens is 2. The van der Waals surface area contributed by atoms with E-state index >= 15 is 0 Å². The molecule has 1 fully saturated rings. The summed E-state index contributed by atoms with van der Waals surface area (Å²) in [5, 5.41) is 3.31. The summed E-state index contributed by atoms with van der Waals surface area (Å²) in [6, 6.07) is 0.598. The molecule has 1 unspecified atom stereocenters. The number of rotatable bonds is 4. The summed E-state index contributed by atoms with van der Waals surface area (Å²) < 4.78 is 11.1. The number of nitrogens with zero attached hydrogens (tertiary/aromatic N) is 3. The Labute approximate surface area is 119 Å². The van der Waals surface area contributed by atoms with E-state index in [0.717, 1.165) is 18.1 Å². The van der Waals surface area contributed by atoms with E-state index in [1.807, 2.05) is 6.20 Å². The number of hydrogen-bond donors (Lipinski definition) is 1. The van der Waals surface area contributed by atoms with Gasteiger partial charge in [-0.25, -0.2) is 0 Å². The summed E-state index contributed by atoms with van der Waals surface area (Å²) in [7, 11) is 3.77. The molecule has 0 radical (unpaired) electrons. The third-order valence-corrected chi connectivity index (χ3v) is 4.08. The maximum absolute atomic E-state index is 5.93. The summed E-state index contributed by atoms with van der Waals surface area (Å²) in [5.74, 6) is 1.53. The van der Waals surface area contributed by atoms with E-state index in [1.165, 1.54) is 19.3 Å². The summed E-state index contributed by atoms with van der Waals surface area (Å²) in [4.78, 5) is 11.4. The number of methoxy groups -OCH3 is 1. The van der Waals surface area contributed by atoms with Crippen molar-refractivity contribution in [3.05, 3.63) is 11.9 Å². The van der Waals surface area contributed by atoms with Crippen molar-refractivity contribution in [2.24, 2.45) is 0 Å². The first-order chi connectivity index (χ1) is 9.78. The van der Waals surface area contributed by atoms with Gasteiger partial charge in [0.15, 0.2) is 5.82 Å². The fraction of sp³-hybridized carbons (Fsp3) is 0.714. The van der Waals surface area contributed by atoms with Gasteiger partial charge in [-0.05, 0) is 19.3 Å². The molecule has 6 heteroatoms. The highest BCUT2D eigenvalue weighted by Crippen LogP contribution is 2.28. The molecule has 0 aromatic carbocycles. The Balaban J connectivity index is 1.79. The van der Waals surface area contributed by atoms with Crippen LogP contribution in [0.4, 0.5) is 5.82 Å². The number of nitrogens with one attached hydrogen (secondary N) is 1. The minimum Gasteiger partial charge on any atom is -0.469 e. The molecule has 0 amide bonds. The van der Waals surface area contributed by atoms with Crippen LogP contribution in [0, 0.1) is 0 Å². The molecule has 1 aliphatic carbocycles. The first kappa shape index (κ1) is 13.6. The fourth-order valence-corrected chi connectivity index (χ4v) is 2.56. The SMILES string of the molecule is COCC1CNCc2ncc(N(C)C3CCC3)nc2O1. The van der Waals surface area contributed by atoms with Gasteiger partial charge in [-0.15, -0.1) is 0 Å². The monoisotopic (exact) mass is 278 g/mol. The molecule has 1 saturated carbocycles. The lowest BCUT2D eigenvalue weighted by molar-refractivity contribution is 0.0810. The molecule has 2 aliphatic rings. The van der Waals surface area contributed by atoms with Crippen LogP contribution in [0.2, 0.25) is 0 Å². The highest BCUT2D eigenvalue weighted by molar-refractivity contribution is 5.40. The third kappa shape index (κ3) is 2.71. The zero-order valence-electron chi connectivity index (χ0n) is 12.1. The molecule has 1 atom stereocenters. The second kappa shape index (κ2) is 5.93. The largest absolute Gasteiger partial charge is 0.469 e. The van der Waals surface area contributed by atoms with Crippen molar-refractivity contribution < 1.29 is 9.47 Å². The first-order valence-corrected chi connectivity index (χ1v) is 7.23. The van der Waals surface area contributed by atoms with E-state index in [0.29, 0.717) is 25.1 Å². The normalized spacial score (nSPS) is 22.4. The van der Waals surface area contributed by atoms with Gasteiger partial charge in [0.1, 0.15) is 11.8 Å². The van der Waals surface area contributed by atoms with E-state index in [-0.39, 0.29) is 6.10 Å². The van der Waals surface area contributed by atoms with Gasteiger partial charge in [0.05, 0.1) is 12.8 Å². The second-order valence-corrected chi connectivity index (χ2v) is 5.50. The van der Waals surface area contributed by atoms with Crippen molar-refractivity contribution in [1.29, 1.82) is 0 Å². The minimum absolute atomic E-state index is 0.0141. The van der Waals surface area contributed by atoms with E-state index in [1.54, 1.807) is 7.11 Å². The van der Waals surface area contributed by atoms with Gasteiger partial charge in [-0.3, -0.25) is 4.98 Å². The maximum Gasteiger partial charge on any atom is 0.239 e. The first-order valence-electron chi connectivity index (χ1n) is 7.23. The van der Waals surface area contributed by atoms with Gasteiger partial charge in [-0.2, -0.15) is 4.98 Å². The Kier molecular flexibility index (Phi) is 4.03. The molecule has 110 valence electrons. The molecule has 1 aromatic rings. The third-order valence-electron chi connectivity index (χ3n) is 4.08. The Morgan fingerprint density at radius 1 is 1.50 bits per heavy atom. The fourth-order valence-electron chi connectivity index (χ4n) is 2.56. The van der Waals surface area contributed by atoms with Crippen molar-refractivity contribution >= 4 is 5.82 Å². The molecule has 1 N–H and O–H groups in total. The number of fused-ring (bicyclic) bond motifs is 1. The van der Waals surface area contributed by atoms with Crippen LogP contribution in [0.25, 0.3) is 0 Å². The zero-order chi connectivity index (χ0) is 13.9. The van der Waals surface area contributed by atoms with Crippen LogP contribution in [0.1, 0.15) is 25.0 Å². The molecule has 3 rings (SSSR count). The van der Waals surface area contributed by atoms with Crippen LogP contribution in [0.15, 0.2) is 6.20 Å². The predicted octanol–water partition coefficient (Wildman–Crippen LogP) is 0.962. The quantitative estimate of drug-likeness (QED) is 0.885. The van der Waals surface area contributed by atoms with Gasteiger partial charge >= 0.3 is 0 Å². The molecular weight excluding hydrogens is 256 g/mol. The van der Waals surface area contributed by atoms with Crippen molar-refractivity contribution in [1.82, 2.24) is 15.3 Å². The molecule has 0 saturated heterocycles. The van der Waals surface area contributed by atoms with Crippen LogP contribution >= 0.6 is 0 Å². The molecule has 20 heavy (non-hydrogen) atoms. The van der Waals surface area contributed by atoms with E-state index in [2.05, 4.69) is 27.2 Å². The summed E-state index contributed by atoms with van der Waals surface area (Å²) in [6.07, 6.45) is 5.62. The molecule has 0 bridgehead atoms. The number of anilines is 1. The lowest BCUT2D eigenvalue weighted by Gasteiger charge is -2.35. The summed E-state index contributed by atoms with van der Waals surface area (Å²) in [5.41, 5.74) is 0.870. The van der Waals surface area contributed by atoms with E-state index in [4.69, 9.17) is 9.47 Å². The van der Waals surface area contributed by atoms with Crippen LogP contribution in [0.3, 0.4) is 0 Å². The Morgan fingerprint density at radius 2 is 2.35 bits per heavy atom. The number of ether oxygens (including phenoxy) is 2. The van der Waals surface area contributed by atoms with Gasteiger partial charge in [0, 0.05) is 33.3 Å². The van der Waals surface area contributed by atoms with Crippen LogP contribution in [0.5, 0.6) is 5.88 Å². The average molecular weight is 278 g/mol. The Bertz CT molecular complexity index is 464. The Morgan fingerprint density at radius 3 is 3.05 bits per heavy atom. The summed E-state index contributed by atoms with van der Waals surface area (Å²) in [6.45, 7) is 1.99. The van der Waals surface area contributed by atoms with Crippen molar-refractivity contribution in [2.45, 2.75) is 38.0 Å². The van der Waals surface area contributed by atoms with E-state index < -0.39 is 0 Å². The van der Waals surface area contributed by atoms with Crippen molar-refractivity contribution in [3.8, 4) is 5.88 Å². The molecule has 6 nitrogen and oxygen atoms in total. The highest BCUT2D eigenvalue weighted by atomic mass is 16.5. The molecule has 1 aromatic heterocycles. The molecule has 2 heterocycles. The lowest BCUT2D eigenvalue weighted by Crippen LogP contribution is -2.37. The summed E-state index contributed by atoms with van der Waals surface area (Å²) >= 11 is 0. The standard InChI is InChI=1S/C14H22N4O2/c1-18(10-4-3-5-10)13-8-16-12-7-15-6-11(9-19-2)20-14(12)17-13/h8,10-11,15H,3-7,9H2,1-2H3. The van der Waals surface area contributed by atoms with Gasteiger partial charge < -0.3 is 19.7 Å². The second-order valence-electron chi connectivity index (χ2n) is 5.50. The van der Waals surface area contributed by atoms with Gasteiger partial charge in [-0.1, -0.05) is 0 Å². The average Bonchev–Trinajstić information content (AvgIpc) is 2.57. The minimum atomic E-state index is -0.0141. The lowest BCUT2D eigenvalue weighted by atomic mass is 9.92. The van der Waals surface area contributed by atoms with Crippen LogP contribution < -0.4 is 15.0 Å². The number of hydrogen-bond acceptors (Lipinski definition) is 6. The van der Waals surface area contributed by atoms with Crippen LogP contribution in [-0.2, 0) is 11.3 Å². The zero-order valence-corrected chi connectivity index (χ0v) is 12.1. The maximum atomic E-state index is 5.93. The van der Waals surface area contributed by atoms with E-state index in [9.17, 15) is 0 Å². The van der Waals surface area contributed by atoms with Crippen LogP contribution in [-0.4, -0.2) is 49.4 Å². The smallest absolute Gasteiger partial charge is 0.239 e. The van der Waals surface area contributed by atoms with Gasteiger partial charge in [0.2, 0.25) is 5.88 Å². The molecular formula is C14H22N4O2. The van der Waals surface area contributed by atoms with Crippen molar-refractivity contribution in [3.63, 3.8) is 0 Å². The predicted molar refractivity (Wildman–Crippen MR) is 76.1 cm³/mol. The van der Waals surface area contributed by atoms with Gasteiger partial charge in [0.25, 0.3) is 0 Å².